The number of benzene rings is 1. The van der Waals surface area contributed by atoms with Gasteiger partial charge in [0.25, 0.3) is 11.8 Å². The van der Waals surface area contributed by atoms with Crippen molar-refractivity contribution in [3.63, 3.8) is 0 Å². The highest BCUT2D eigenvalue weighted by Gasteiger charge is 2.25. The van der Waals surface area contributed by atoms with Crippen LogP contribution in [0.15, 0.2) is 54.7 Å². The van der Waals surface area contributed by atoms with Crippen molar-refractivity contribution >= 4 is 23.0 Å². The predicted molar refractivity (Wildman–Crippen MR) is 106 cm³/mol. The van der Waals surface area contributed by atoms with Gasteiger partial charge in [0.05, 0.1) is 5.52 Å². The van der Waals surface area contributed by atoms with Crippen molar-refractivity contribution in [2.75, 3.05) is 18.0 Å². The number of aromatic nitrogens is 2. The third-order valence-electron chi connectivity index (χ3n) is 4.25. The zero-order chi connectivity index (χ0) is 19.4. The van der Waals surface area contributed by atoms with Crippen molar-refractivity contribution in [3.05, 3.63) is 66.2 Å². The van der Waals surface area contributed by atoms with E-state index in [4.69, 9.17) is 0 Å². The summed E-state index contributed by atoms with van der Waals surface area (Å²) in [6.45, 7) is 7.02. The smallest absolute Gasteiger partial charge is 0.287 e. The summed E-state index contributed by atoms with van der Waals surface area (Å²) in [6, 6.07) is 14.9. The maximum Gasteiger partial charge on any atom is 0.287 e. The molecule has 0 aliphatic heterocycles. The number of pyridine rings is 1. The van der Waals surface area contributed by atoms with Crippen molar-refractivity contribution in [1.29, 1.82) is 0 Å². The van der Waals surface area contributed by atoms with Crippen molar-refractivity contribution in [2.24, 2.45) is 5.92 Å². The fourth-order valence-electron chi connectivity index (χ4n) is 2.91. The summed E-state index contributed by atoms with van der Waals surface area (Å²) in [5.74, 6) is 0.0377. The molecule has 0 saturated heterocycles. The van der Waals surface area contributed by atoms with E-state index in [-0.39, 0.29) is 23.3 Å². The SMILES string of the molecule is CCN(C(=O)c1nc(C(=O)NCC(C)C)n2ccccc12)c1ccccc1. The van der Waals surface area contributed by atoms with E-state index in [1.807, 2.05) is 63.2 Å². The number of anilines is 1. The van der Waals surface area contributed by atoms with Crippen LogP contribution >= 0.6 is 0 Å². The number of hydrogen-bond acceptors (Lipinski definition) is 3. The normalized spacial score (nSPS) is 11.0. The Labute approximate surface area is 158 Å². The molecule has 0 fully saturated rings. The van der Waals surface area contributed by atoms with Crippen LogP contribution in [0, 0.1) is 5.92 Å². The largest absolute Gasteiger partial charge is 0.349 e. The van der Waals surface area contributed by atoms with Gasteiger partial charge in [0.15, 0.2) is 5.69 Å². The molecule has 0 bridgehead atoms. The molecule has 140 valence electrons. The van der Waals surface area contributed by atoms with Crippen LogP contribution in [0.25, 0.3) is 5.52 Å². The van der Waals surface area contributed by atoms with Crippen LogP contribution in [0.2, 0.25) is 0 Å². The number of nitrogens with zero attached hydrogens (tertiary/aromatic N) is 3. The van der Waals surface area contributed by atoms with Crippen LogP contribution < -0.4 is 10.2 Å². The molecule has 0 radical (unpaired) electrons. The summed E-state index contributed by atoms with van der Waals surface area (Å²) in [6.07, 6.45) is 1.75. The number of amides is 2. The Morgan fingerprint density at radius 2 is 1.81 bits per heavy atom. The highest BCUT2D eigenvalue weighted by molar-refractivity contribution is 6.10. The third-order valence-corrected chi connectivity index (χ3v) is 4.25. The van der Waals surface area contributed by atoms with Crippen molar-refractivity contribution in [3.8, 4) is 0 Å². The van der Waals surface area contributed by atoms with Crippen molar-refractivity contribution < 1.29 is 9.59 Å². The highest BCUT2D eigenvalue weighted by Crippen LogP contribution is 2.20. The molecule has 0 atom stereocenters. The van der Waals surface area contributed by atoms with E-state index >= 15 is 0 Å². The fraction of sp³-hybridized carbons (Fsp3) is 0.286. The van der Waals surface area contributed by atoms with Gasteiger partial charge in [-0.1, -0.05) is 38.1 Å². The lowest BCUT2D eigenvalue weighted by molar-refractivity contribution is 0.0938. The Morgan fingerprint density at radius 3 is 2.48 bits per heavy atom. The van der Waals surface area contributed by atoms with Gasteiger partial charge in [-0.15, -0.1) is 0 Å². The van der Waals surface area contributed by atoms with Gasteiger partial charge in [-0.3, -0.25) is 14.0 Å². The number of hydrogen-bond donors (Lipinski definition) is 1. The average Bonchev–Trinajstić information content (AvgIpc) is 3.07. The maximum absolute atomic E-state index is 13.2. The summed E-state index contributed by atoms with van der Waals surface area (Å²) in [7, 11) is 0. The second-order valence-electron chi connectivity index (χ2n) is 6.73. The van der Waals surface area contributed by atoms with Crippen LogP contribution in [0.4, 0.5) is 5.69 Å². The lowest BCUT2D eigenvalue weighted by Crippen LogP contribution is -2.31. The standard InChI is InChI=1S/C21H24N4O2/c1-4-24(16-10-6-5-7-11-16)21(27)18-17-12-8-9-13-25(17)19(23-18)20(26)22-14-15(2)3/h5-13,15H,4,14H2,1-3H3,(H,22,26). The third kappa shape index (κ3) is 3.84. The van der Waals surface area contributed by atoms with Crippen LogP contribution in [0.1, 0.15) is 41.9 Å². The molecule has 27 heavy (non-hydrogen) atoms. The van der Waals surface area contributed by atoms with E-state index in [9.17, 15) is 9.59 Å². The van der Waals surface area contributed by atoms with E-state index in [0.29, 0.717) is 24.5 Å². The number of fused-ring (bicyclic) bond motifs is 1. The van der Waals surface area contributed by atoms with Crippen LogP contribution in [-0.2, 0) is 0 Å². The molecule has 0 saturated carbocycles. The van der Waals surface area contributed by atoms with Gasteiger partial charge >= 0.3 is 0 Å². The first-order valence-electron chi connectivity index (χ1n) is 9.15. The van der Waals surface area contributed by atoms with Gasteiger partial charge in [0, 0.05) is 25.0 Å². The van der Waals surface area contributed by atoms with Gasteiger partial charge in [0.2, 0.25) is 5.82 Å². The van der Waals surface area contributed by atoms with Gasteiger partial charge in [-0.25, -0.2) is 4.98 Å². The van der Waals surface area contributed by atoms with E-state index in [2.05, 4.69) is 10.3 Å². The number of para-hydroxylation sites is 1. The fourth-order valence-corrected chi connectivity index (χ4v) is 2.91. The Hall–Kier alpha value is -3.15. The maximum atomic E-state index is 13.2. The Balaban J connectivity index is 2.01. The van der Waals surface area contributed by atoms with E-state index in [1.54, 1.807) is 21.6 Å². The molecule has 0 unspecified atom stereocenters. The second-order valence-corrected chi connectivity index (χ2v) is 6.73. The molecule has 6 nitrogen and oxygen atoms in total. The monoisotopic (exact) mass is 364 g/mol. The van der Waals surface area contributed by atoms with Crippen molar-refractivity contribution in [1.82, 2.24) is 14.7 Å². The number of imidazole rings is 1. The minimum absolute atomic E-state index is 0.221. The molecule has 0 aliphatic carbocycles. The first-order chi connectivity index (χ1) is 13.0. The first-order valence-corrected chi connectivity index (χ1v) is 9.15. The molecule has 1 aromatic carbocycles. The highest BCUT2D eigenvalue weighted by atomic mass is 16.2. The predicted octanol–water partition coefficient (Wildman–Crippen LogP) is 3.39. The number of nitrogens with one attached hydrogen (secondary N) is 1. The Kier molecular flexibility index (Phi) is 5.54. The summed E-state index contributed by atoms with van der Waals surface area (Å²) in [5, 5.41) is 2.87. The summed E-state index contributed by atoms with van der Waals surface area (Å²) < 4.78 is 1.67. The van der Waals surface area contributed by atoms with E-state index in [1.165, 1.54) is 0 Å². The summed E-state index contributed by atoms with van der Waals surface area (Å²) in [4.78, 5) is 31.9. The van der Waals surface area contributed by atoms with Crippen LogP contribution in [0.5, 0.6) is 0 Å². The van der Waals surface area contributed by atoms with E-state index < -0.39 is 0 Å². The quantitative estimate of drug-likeness (QED) is 0.729. The molecule has 1 N–H and O–H groups in total. The zero-order valence-electron chi connectivity index (χ0n) is 15.8. The first kappa shape index (κ1) is 18.6. The molecule has 2 amide bonds. The Bertz CT molecular complexity index is 947. The summed E-state index contributed by atoms with van der Waals surface area (Å²) >= 11 is 0. The van der Waals surface area contributed by atoms with E-state index in [0.717, 1.165) is 5.69 Å². The summed E-state index contributed by atoms with van der Waals surface area (Å²) in [5.41, 5.74) is 1.69. The average molecular weight is 364 g/mol. The molecule has 3 aromatic rings. The van der Waals surface area contributed by atoms with Crippen LogP contribution in [0.3, 0.4) is 0 Å². The molecule has 0 spiro atoms. The molecular formula is C21H24N4O2. The van der Waals surface area contributed by atoms with Gasteiger partial charge in [0.1, 0.15) is 0 Å². The zero-order valence-corrected chi connectivity index (χ0v) is 15.8. The lowest BCUT2D eigenvalue weighted by atomic mass is 10.2. The molecular weight excluding hydrogens is 340 g/mol. The Morgan fingerprint density at radius 1 is 1.11 bits per heavy atom. The topological polar surface area (TPSA) is 66.7 Å². The van der Waals surface area contributed by atoms with Gasteiger partial charge in [-0.05, 0) is 37.1 Å². The molecule has 2 heterocycles. The van der Waals surface area contributed by atoms with Gasteiger partial charge < -0.3 is 10.2 Å². The lowest BCUT2D eigenvalue weighted by Gasteiger charge is -2.20. The van der Waals surface area contributed by atoms with Crippen LogP contribution in [-0.4, -0.2) is 34.3 Å². The van der Waals surface area contributed by atoms with Gasteiger partial charge in [-0.2, -0.15) is 0 Å². The second kappa shape index (κ2) is 8.03. The molecule has 3 rings (SSSR count). The number of carbonyl (C=O) groups is 2. The molecule has 6 heteroatoms. The molecule has 0 aliphatic rings. The minimum atomic E-state index is -0.285. The number of carbonyl (C=O) groups excluding carboxylic acids is 2. The minimum Gasteiger partial charge on any atom is -0.349 e. The number of rotatable bonds is 6. The van der Waals surface area contributed by atoms with Crippen molar-refractivity contribution in [2.45, 2.75) is 20.8 Å². The molecule has 2 aromatic heterocycles.